The molecule has 4 N–H and O–H groups in total. The molecule has 0 unspecified atom stereocenters. The Morgan fingerprint density at radius 1 is 1.15 bits per heavy atom. The maximum atomic E-state index is 12.2. The number of carboxylic acids is 1. The maximum absolute atomic E-state index is 12.2. The third-order valence-electron chi connectivity index (χ3n) is 4.03. The lowest BCUT2D eigenvalue weighted by molar-refractivity contribution is -0.271. The number of hydrogen-bond donors (Lipinski definition) is 4. The molecule has 2 rings (SSSR count). The highest BCUT2D eigenvalue weighted by Gasteiger charge is 2.48. The van der Waals surface area contributed by atoms with Crippen molar-refractivity contribution in [1.82, 2.24) is 0 Å². The van der Waals surface area contributed by atoms with Gasteiger partial charge in [-0.3, -0.25) is 4.79 Å². The zero-order valence-corrected chi connectivity index (χ0v) is 14.4. The molecule has 0 aromatic heterocycles. The fraction of sp³-hybridized carbons (Fsp3) is 0.529. The van der Waals surface area contributed by atoms with E-state index in [1.165, 1.54) is 13.2 Å². The molecule has 26 heavy (non-hydrogen) atoms. The summed E-state index contributed by atoms with van der Waals surface area (Å²) in [5.41, 5.74) is 0.936. The van der Waals surface area contributed by atoms with Crippen molar-refractivity contribution in [2.24, 2.45) is 0 Å². The van der Waals surface area contributed by atoms with Crippen LogP contribution in [0.2, 0.25) is 0 Å². The van der Waals surface area contributed by atoms with Gasteiger partial charge in [0.05, 0.1) is 12.2 Å². The quantitative estimate of drug-likeness (QED) is 0.476. The Bertz CT molecular complexity index is 660. The van der Waals surface area contributed by atoms with Crippen LogP contribution >= 0.6 is 0 Å². The normalized spacial score (nSPS) is 28.6. The molecule has 1 aliphatic heterocycles. The zero-order valence-electron chi connectivity index (χ0n) is 14.4. The summed E-state index contributed by atoms with van der Waals surface area (Å²) in [5, 5.41) is 38.7. The summed E-state index contributed by atoms with van der Waals surface area (Å²) in [6, 6.07) is 4.68. The number of ether oxygens (including phenoxy) is 3. The number of Topliss-reactive ketones (excluding diaryl/α,β-unsaturated/α-hetero) is 1. The Balaban J connectivity index is 2.30. The predicted molar refractivity (Wildman–Crippen MR) is 86.7 cm³/mol. The molecule has 0 spiro atoms. The highest BCUT2D eigenvalue weighted by Crippen LogP contribution is 2.28. The van der Waals surface area contributed by atoms with E-state index in [0.29, 0.717) is 0 Å². The Morgan fingerprint density at radius 3 is 2.42 bits per heavy atom. The van der Waals surface area contributed by atoms with Gasteiger partial charge in [-0.1, -0.05) is 13.0 Å². The maximum Gasteiger partial charge on any atom is 0.335 e. The summed E-state index contributed by atoms with van der Waals surface area (Å²) >= 11 is 0. The summed E-state index contributed by atoms with van der Waals surface area (Å²) in [6.07, 6.45) is -8.47. The fourth-order valence-corrected chi connectivity index (χ4v) is 2.62. The van der Waals surface area contributed by atoms with Gasteiger partial charge in [0, 0.05) is 13.5 Å². The minimum atomic E-state index is -1.82. The van der Waals surface area contributed by atoms with E-state index in [0.717, 1.165) is 5.56 Å². The van der Waals surface area contributed by atoms with Crippen molar-refractivity contribution < 1.29 is 44.2 Å². The smallest absolute Gasteiger partial charge is 0.335 e. The number of carbonyl (C=O) groups is 2. The molecule has 9 nitrogen and oxygen atoms in total. The topological polar surface area (TPSA) is 143 Å². The lowest BCUT2D eigenvalue weighted by atomic mass is 9.99. The number of carboxylic acid groups (broad SMARTS) is 1. The van der Waals surface area contributed by atoms with E-state index in [4.69, 9.17) is 19.3 Å². The molecule has 1 saturated heterocycles. The lowest BCUT2D eigenvalue weighted by Gasteiger charge is -2.38. The molecule has 9 heteroatoms. The van der Waals surface area contributed by atoms with Gasteiger partial charge in [-0.2, -0.15) is 0 Å². The van der Waals surface area contributed by atoms with Gasteiger partial charge in [0.1, 0.15) is 24.1 Å². The van der Waals surface area contributed by atoms with Crippen molar-refractivity contribution in [1.29, 1.82) is 0 Å². The van der Waals surface area contributed by atoms with Crippen LogP contribution in [0, 0.1) is 0 Å². The molecule has 1 aromatic rings. The van der Waals surface area contributed by atoms with Crippen molar-refractivity contribution in [3.8, 4) is 5.75 Å². The Labute approximate surface area is 149 Å². The average molecular weight is 370 g/mol. The van der Waals surface area contributed by atoms with E-state index >= 15 is 0 Å². The molecular formula is C17H22O9. The van der Waals surface area contributed by atoms with Crippen molar-refractivity contribution >= 4 is 11.8 Å². The van der Waals surface area contributed by atoms with Crippen LogP contribution in [-0.2, 0) is 20.9 Å². The first kappa shape index (κ1) is 20.3. The monoisotopic (exact) mass is 370 g/mol. The fourth-order valence-electron chi connectivity index (χ4n) is 2.62. The summed E-state index contributed by atoms with van der Waals surface area (Å²) < 4.78 is 15.6. The molecule has 0 bridgehead atoms. The first-order chi connectivity index (χ1) is 12.3. The van der Waals surface area contributed by atoms with Gasteiger partial charge in [-0.15, -0.1) is 0 Å². The third kappa shape index (κ3) is 4.19. The molecular weight excluding hydrogens is 348 g/mol. The molecule has 1 aromatic carbocycles. The number of ketones is 1. The van der Waals surface area contributed by atoms with Gasteiger partial charge >= 0.3 is 5.97 Å². The van der Waals surface area contributed by atoms with Crippen LogP contribution in [-0.4, -0.2) is 70.0 Å². The summed E-state index contributed by atoms with van der Waals surface area (Å²) in [5.74, 6) is -1.69. The van der Waals surface area contributed by atoms with E-state index in [-0.39, 0.29) is 30.1 Å². The van der Waals surface area contributed by atoms with Gasteiger partial charge in [0.25, 0.3) is 0 Å². The number of methoxy groups -OCH3 is 1. The molecule has 144 valence electrons. The third-order valence-corrected chi connectivity index (χ3v) is 4.03. The number of aliphatic hydroxyl groups excluding tert-OH is 3. The Kier molecular flexibility index (Phi) is 6.68. The number of aliphatic carboxylic acids is 1. The van der Waals surface area contributed by atoms with Crippen LogP contribution in [0.25, 0.3) is 0 Å². The summed E-state index contributed by atoms with van der Waals surface area (Å²) in [4.78, 5) is 23.3. The second-order valence-electron chi connectivity index (χ2n) is 5.89. The minimum absolute atomic E-state index is 0.0634. The standard InChI is InChI=1S/C17H22O9/c1-3-10(18)9-6-8(7-24-2)4-5-11(9)25-17-14(21)12(19)13(20)15(26-17)16(22)23/h4-6,12-15,17,19-21H,3,7H2,1-2H3,(H,22,23)/t12-,13+,14+,15-,17+/m0/s1. The summed E-state index contributed by atoms with van der Waals surface area (Å²) in [6.45, 7) is 1.94. The van der Waals surface area contributed by atoms with Gasteiger partial charge in [-0.25, -0.2) is 4.79 Å². The predicted octanol–water partition coefficient (Wildman–Crippen LogP) is -0.303. The van der Waals surface area contributed by atoms with Gasteiger partial charge < -0.3 is 34.6 Å². The number of hydrogen-bond acceptors (Lipinski definition) is 8. The van der Waals surface area contributed by atoms with Crippen LogP contribution in [0.1, 0.15) is 29.3 Å². The minimum Gasteiger partial charge on any atom is -0.479 e. The SMILES string of the molecule is CCC(=O)c1cc(COC)ccc1O[C@@H]1O[C@H](C(=O)O)[C@H](O)[C@H](O)[C@H]1O. The van der Waals surface area contributed by atoms with Gasteiger partial charge in [0.2, 0.25) is 6.29 Å². The number of rotatable bonds is 7. The van der Waals surface area contributed by atoms with E-state index in [2.05, 4.69) is 0 Å². The number of carbonyl (C=O) groups excluding carboxylic acids is 1. The van der Waals surface area contributed by atoms with Crippen LogP contribution in [0.4, 0.5) is 0 Å². The van der Waals surface area contributed by atoms with Gasteiger partial charge in [0.15, 0.2) is 11.9 Å². The second-order valence-corrected chi connectivity index (χ2v) is 5.89. The largest absolute Gasteiger partial charge is 0.479 e. The highest BCUT2D eigenvalue weighted by molar-refractivity contribution is 5.98. The molecule has 1 aliphatic rings. The Morgan fingerprint density at radius 2 is 1.85 bits per heavy atom. The van der Waals surface area contributed by atoms with Gasteiger partial charge in [-0.05, 0) is 17.7 Å². The molecule has 0 radical (unpaired) electrons. The van der Waals surface area contributed by atoms with Crippen LogP contribution in [0.15, 0.2) is 18.2 Å². The van der Waals surface area contributed by atoms with Crippen molar-refractivity contribution in [2.45, 2.75) is 50.7 Å². The molecule has 1 heterocycles. The first-order valence-electron chi connectivity index (χ1n) is 8.04. The lowest BCUT2D eigenvalue weighted by Crippen LogP contribution is -2.61. The Hall–Kier alpha value is -2.04. The van der Waals surface area contributed by atoms with Crippen molar-refractivity contribution in [3.63, 3.8) is 0 Å². The van der Waals surface area contributed by atoms with Crippen molar-refractivity contribution in [2.75, 3.05) is 7.11 Å². The summed E-state index contributed by atoms with van der Waals surface area (Å²) in [7, 11) is 1.51. The van der Waals surface area contributed by atoms with Crippen LogP contribution < -0.4 is 4.74 Å². The molecule has 0 amide bonds. The number of benzene rings is 1. The molecule has 0 saturated carbocycles. The average Bonchev–Trinajstić information content (AvgIpc) is 2.62. The van der Waals surface area contributed by atoms with Crippen LogP contribution in [0.5, 0.6) is 5.75 Å². The first-order valence-corrected chi connectivity index (χ1v) is 8.04. The van der Waals surface area contributed by atoms with E-state index in [9.17, 15) is 24.9 Å². The molecule has 1 fully saturated rings. The van der Waals surface area contributed by atoms with E-state index in [1.807, 2.05) is 0 Å². The second kappa shape index (κ2) is 8.56. The molecule has 0 aliphatic carbocycles. The van der Waals surface area contributed by atoms with Crippen LogP contribution in [0.3, 0.4) is 0 Å². The highest BCUT2D eigenvalue weighted by atomic mass is 16.7. The van der Waals surface area contributed by atoms with Crippen molar-refractivity contribution in [3.05, 3.63) is 29.3 Å². The molecule has 5 atom stereocenters. The number of aliphatic hydroxyl groups is 3. The van der Waals surface area contributed by atoms with E-state index in [1.54, 1.807) is 19.1 Å². The zero-order chi connectivity index (χ0) is 19.4. The van der Waals surface area contributed by atoms with E-state index < -0.39 is 36.7 Å².